The van der Waals surface area contributed by atoms with Crippen molar-refractivity contribution < 1.29 is 9.53 Å². The molecule has 0 aromatic heterocycles. The molecule has 1 aromatic rings. The molecular formula is C16H26N2O2. The lowest BCUT2D eigenvalue weighted by Crippen LogP contribution is -2.35. The van der Waals surface area contributed by atoms with Gasteiger partial charge in [-0.05, 0) is 12.5 Å². The van der Waals surface area contributed by atoms with E-state index in [0.29, 0.717) is 13.2 Å². The molecule has 2 N–H and O–H groups in total. The first-order valence-electron chi connectivity index (χ1n) is 7.39. The molecule has 0 bridgehead atoms. The van der Waals surface area contributed by atoms with Crippen LogP contribution in [-0.2, 0) is 16.1 Å². The van der Waals surface area contributed by atoms with E-state index >= 15 is 0 Å². The van der Waals surface area contributed by atoms with E-state index in [0.717, 1.165) is 13.1 Å². The second-order valence-corrected chi connectivity index (χ2v) is 4.70. The molecule has 2 rings (SSSR count). The van der Waals surface area contributed by atoms with Crippen LogP contribution < -0.4 is 5.73 Å². The topological polar surface area (TPSA) is 55.6 Å². The van der Waals surface area contributed by atoms with Gasteiger partial charge >= 0.3 is 5.97 Å². The van der Waals surface area contributed by atoms with Crippen molar-refractivity contribution in [1.82, 2.24) is 4.90 Å². The minimum absolute atomic E-state index is 0.118. The monoisotopic (exact) mass is 278 g/mol. The third-order valence-corrected chi connectivity index (χ3v) is 3.28. The predicted molar refractivity (Wildman–Crippen MR) is 81.2 cm³/mol. The van der Waals surface area contributed by atoms with Crippen LogP contribution >= 0.6 is 0 Å². The summed E-state index contributed by atoms with van der Waals surface area (Å²) in [6, 6.07) is 10.1. The molecule has 0 aliphatic carbocycles. The molecule has 1 fully saturated rings. The summed E-state index contributed by atoms with van der Waals surface area (Å²) < 4.78 is 5.05. The summed E-state index contributed by atoms with van der Waals surface area (Å²) in [5.74, 6) is -0.353. The maximum Gasteiger partial charge on any atom is 0.311 e. The van der Waals surface area contributed by atoms with Gasteiger partial charge in [-0.25, -0.2) is 0 Å². The van der Waals surface area contributed by atoms with Gasteiger partial charge in [-0.1, -0.05) is 44.2 Å². The van der Waals surface area contributed by atoms with Gasteiger partial charge in [0.25, 0.3) is 0 Å². The minimum Gasteiger partial charge on any atom is -0.466 e. The Morgan fingerprint density at radius 3 is 2.55 bits per heavy atom. The highest BCUT2D eigenvalue weighted by Gasteiger charge is 2.36. The van der Waals surface area contributed by atoms with Gasteiger partial charge in [0.05, 0.1) is 12.5 Å². The largest absolute Gasteiger partial charge is 0.466 e. The molecule has 0 radical (unpaired) electrons. The molecule has 0 spiro atoms. The lowest BCUT2D eigenvalue weighted by atomic mass is 10.1. The highest BCUT2D eigenvalue weighted by Crippen LogP contribution is 2.19. The van der Waals surface area contributed by atoms with Gasteiger partial charge in [0.15, 0.2) is 0 Å². The fraction of sp³-hybridized carbons (Fsp3) is 0.562. The lowest BCUT2D eigenvalue weighted by Gasteiger charge is -2.15. The van der Waals surface area contributed by atoms with E-state index in [1.807, 2.05) is 39.0 Å². The Bertz CT molecular complexity index is 395. The fourth-order valence-corrected chi connectivity index (χ4v) is 2.38. The number of esters is 1. The first-order valence-corrected chi connectivity index (χ1v) is 7.39. The summed E-state index contributed by atoms with van der Waals surface area (Å²) in [7, 11) is 0. The average molecular weight is 278 g/mol. The number of likely N-dealkylation sites (tertiary alicyclic amines) is 1. The maximum absolute atomic E-state index is 11.7. The molecule has 1 aromatic carbocycles. The Labute approximate surface area is 121 Å². The van der Waals surface area contributed by atoms with Crippen LogP contribution in [0.1, 0.15) is 26.3 Å². The molecule has 4 nitrogen and oxygen atoms in total. The molecule has 20 heavy (non-hydrogen) atoms. The second-order valence-electron chi connectivity index (χ2n) is 4.70. The number of carbonyl (C=O) groups excluding carboxylic acids is 1. The van der Waals surface area contributed by atoms with E-state index in [1.165, 1.54) is 5.56 Å². The summed E-state index contributed by atoms with van der Waals surface area (Å²) in [5, 5.41) is 0. The van der Waals surface area contributed by atoms with Gasteiger partial charge in [-0.3, -0.25) is 9.69 Å². The van der Waals surface area contributed by atoms with Gasteiger partial charge in [-0.2, -0.15) is 0 Å². The Balaban J connectivity index is 0.000000956. The zero-order valence-electron chi connectivity index (χ0n) is 12.7. The van der Waals surface area contributed by atoms with Crippen molar-refractivity contribution in [3.05, 3.63) is 35.9 Å². The van der Waals surface area contributed by atoms with Crippen LogP contribution in [0.4, 0.5) is 0 Å². The van der Waals surface area contributed by atoms with Gasteiger partial charge in [0.2, 0.25) is 0 Å². The Morgan fingerprint density at radius 2 is 1.95 bits per heavy atom. The van der Waals surface area contributed by atoms with Crippen molar-refractivity contribution in [2.45, 2.75) is 33.4 Å². The number of rotatable bonds is 4. The molecule has 1 aliphatic heterocycles. The van der Waals surface area contributed by atoms with Crippen molar-refractivity contribution in [2.24, 2.45) is 11.7 Å². The van der Waals surface area contributed by atoms with Gasteiger partial charge in [-0.15, -0.1) is 0 Å². The number of carbonyl (C=O) groups is 1. The van der Waals surface area contributed by atoms with Crippen molar-refractivity contribution >= 4 is 5.97 Å². The first kappa shape index (κ1) is 16.7. The van der Waals surface area contributed by atoms with E-state index in [-0.39, 0.29) is 17.9 Å². The van der Waals surface area contributed by atoms with Crippen molar-refractivity contribution in [3.8, 4) is 0 Å². The second kappa shape index (κ2) is 8.72. The Kier molecular flexibility index (Phi) is 7.26. The predicted octanol–water partition coefficient (Wildman–Crippen LogP) is 2.04. The van der Waals surface area contributed by atoms with Gasteiger partial charge in [0, 0.05) is 25.7 Å². The SMILES string of the molecule is CC.CCOC(=O)C1CN(Cc2ccccc2)CC1N. The van der Waals surface area contributed by atoms with E-state index in [4.69, 9.17) is 10.5 Å². The quantitative estimate of drug-likeness (QED) is 0.856. The highest BCUT2D eigenvalue weighted by atomic mass is 16.5. The maximum atomic E-state index is 11.7. The van der Waals surface area contributed by atoms with Gasteiger partial charge < -0.3 is 10.5 Å². The van der Waals surface area contributed by atoms with Crippen LogP contribution in [0.2, 0.25) is 0 Å². The number of benzene rings is 1. The highest BCUT2D eigenvalue weighted by molar-refractivity contribution is 5.74. The van der Waals surface area contributed by atoms with Crippen LogP contribution in [0.15, 0.2) is 30.3 Å². The van der Waals surface area contributed by atoms with E-state index in [9.17, 15) is 4.79 Å². The van der Waals surface area contributed by atoms with Crippen LogP contribution in [-0.4, -0.2) is 36.6 Å². The van der Waals surface area contributed by atoms with E-state index in [1.54, 1.807) is 0 Å². The van der Waals surface area contributed by atoms with Crippen molar-refractivity contribution in [3.63, 3.8) is 0 Å². The van der Waals surface area contributed by atoms with Crippen molar-refractivity contribution in [2.75, 3.05) is 19.7 Å². The summed E-state index contributed by atoms with van der Waals surface area (Å²) in [6.07, 6.45) is 0. The van der Waals surface area contributed by atoms with Crippen LogP contribution in [0, 0.1) is 5.92 Å². The summed E-state index contributed by atoms with van der Waals surface area (Å²) in [6.45, 7) is 8.51. The number of hydrogen-bond acceptors (Lipinski definition) is 4. The first-order chi connectivity index (χ1) is 9.70. The summed E-state index contributed by atoms with van der Waals surface area (Å²) >= 11 is 0. The average Bonchev–Trinajstić information content (AvgIpc) is 2.83. The fourth-order valence-electron chi connectivity index (χ4n) is 2.38. The van der Waals surface area contributed by atoms with Crippen LogP contribution in [0.25, 0.3) is 0 Å². The molecular weight excluding hydrogens is 252 g/mol. The van der Waals surface area contributed by atoms with E-state index < -0.39 is 0 Å². The number of hydrogen-bond donors (Lipinski definition) is 1. The number of nitrogens with two attached hydrogens (primary N) is 1. The third kappa shape index (κ3) is 4.62. The summed E-state index contributed by atoms with van der Waals surface area (Å²) in [5.41, 5.74) is 7.26. The number of nitrogens with zero attached hydrogens (tertiary/aromatic N) is 1. The van der Waals surface area contributed by atoms with Crippen LogP contribution in [0.5, 0.6) is 0 Å². The number of ether oxygens (including phenoxy) is 1. The molecule has 2 unspecified atom stereocenters. The zero-order valence-corrected chi connectivity index (χ0v) is 12.7. The minimum atomic E-state index is -0.186. The standard InChI is InChI=1S/C14H20N2O2.C2H6/c1-2-18-14(17)12-9-16(10-13(12)15)8-11-6-4-3-5-7-11;1-2/h3-7,12-13H,2,8-10,15H2,1H3;1-2H3. The Morgan fingerprint density at radius 1 is 1.30 bits per heavy atom. The van der Waals surface area contributed by atoms with Crippen molar-refractivity contribution in [1.29, 1.82) is 0 Å². The molecule has 0 saturated carbocycles. The molecule has 2 atom stereocenters. The lowest BCUT2D eigenvalue weighted by molar-refractivity contribution is -0.147. The van der Waals surface area contributed by atoms with Gasteiger partial charge in [0.1, 0.15) is 0 Å². The Hall–Kier alpha value is -1.39. The molecule has 0 amide bonds. The molecule has 4 heteroatoms. The molecule has 1 saturated heterocycles. The van der Waals surface area contributed by atoms with Crippen LogP contribution in [0.3, 0.4) is 0 Å². The third-order valence-electron chi connectivity index (χ3n) is 3.28. The normalized spacial score (nSPS) is 22.0. The summed E-state index contributed by atoms with van der Waals surface area (Å²) in [4.78, 5) is 13.9. The smallest absolute Gasteiger partial charge is 0.311 e. The molecule has 112 valence electrons. The zero-order chi connectivity index (χ0) is 15.0. The molecule has 1 aliphatic rings. The molecule has 1 heterocycles. The van der Waals surface area contributed by atoms with E-state index in [2.05, 4.69) is 17.0 Å².